The van der Waals surface area contributed by atoms with E-state index in [1.807, 2.05) is 0 Å². The van der Waals surface area contributed by atoms with E-state index in [4.69, 9.17) is 0 Å². The van der Waals surface area contributed by atoms with Gasteiger partial charge in [-0.05, 0) is 0 Å². The fraction of sp³-hybridized carbons (Fsp3) is 0.375. The van der Waals surface area contributed by atoms with Gasteiger partial charge < -0.3 is 5.32 Å². The lowest BCUT2D eigenvalue weighted by Gasteiger charge is -2.05. The highest BCUT2D eigenvalue weighted by atomic mass is 32.2. The molecular formula is C8H12N4O2S2. The molecule has 0 unspecified atom stereocenters. The standard InChI is InChI=1S/C8H12N4O2S2/c1-3-10-16(13,14)7-6(9-2)11-8-12(7)4-5-15-8/h4-5,9-10H,3H2,1-2H3. The number of anilines is 1. The molecule has 0 saturated carbocycles. The fourth-order valence-corrected chi connectivity index (χ4v) is 3.54. The van der Waals surface area contributed by atoms with Gasteiger partial charge in [-0.1, -0.05) is 6.92 Å². The number of nitrogens with zero attached hydrogens (tertiary/aromatic N) is 2. The Morgan fingerprint density at radius 1 is 1.56 bits per heavy atom. The van der Waals surface area contributed by atoms with E-state index in [1.54, 1.807) is 29.9 Å². The first-order chi connectivity index (χ1) is 7.60. The monoisotopic (exact) mass is 260 g/mol. The summed E-state index contributed by atoms with van der Waals surface area (Å²) in [7, 11) is -1.86. The first kappa shape index (κ1) is 11.4. The van der Waals surface area contributed by atoms with Gasteiger partial charge in [0.1, 0.15) is 0 Å². The maximum atomic E-state index is 12.0. The third-order valence-electron chi connectivity index (χ3n) is 2.04. The predicted molar refractivity (Wildman–Crippen MR) is 63.5 cm³/mol. The molecule has 16 heavy (non-hydrogen) atoms. The second-order valence-electron chi connectivity index (χ2n) is 3.07. The number of aromatic nitrogens is 2. The van der Waals surface area contributed by atoms with Crippen LogP contribution in [0, 0.1) is 0 Å². The lowest BCUT2D eigenvalue weighted by atomic mass is 10.7. The van der Waals surface area contributed by atoms with Crippen LogP contribution in [-0.4, -0.2) is 31.4 Å². The molecule has 0 aliphatic rings. The molecule has 2 rings (SSSR count). The Morgan fingerprint density at radius 3 is 2.94 bits per heavy atom. The van der Waals surface area contributed by atoms with E-state index in [1.165, 1.54) is 11.3 Å². The topological polar surface area (TPSA) is 75.5 Å². The van der Waals surface area contributed by atoms with E-state index < -0.39 is 10.0 Å². The highest BCUT2D eigenvalue weighted by Gasteiger charge is 2.24. The average molecular weight is 260 g/mol. The molecule has 0 spiro atoms. The Labute approximate surface area is 97.4 Å². The first-order valence-electron chi connectivity index (χ1n) is 4.73. The lowest BCUT2D eigenvalue weighted by Crippen LogP contribution is -2.25. The molecule has 0 amide bonds. The van der Waals surface area contributed by atoms with Crippen LogP contribution in [0.1, 0.15) is 6.92 Å². The highest BCUT2D eigenvalue weighted by molar-refractivity contribution is 7.89. The van der Waals surface area contributed by atoms with Crippen LogP contribution in [0.25, 0.3) is 4.96 Å². The van der Waals surface area contributed by atoms with Crippen molar-refractivity contribution in [1.82, 2.24) is 14.1 Å². The van der Waals surface area contributed by atoms with Gasteiger partial charge in [-0.15, -0.1) is 11.3 Å². The zero-order chi connectivity index (χ0) is 11.8. The van der Waals surface area contributed by atoms with Gasteiger partial charge >= 0.3 is 0 Å². The normalized spacial score (nSPS) is 12.1. The van der Waals surface area contributed by atoms with Crippen LogP contribution in [0.5, 0.6) is 0 Å². The summed E-state index contributed by atoms with van der Waals surface area (Å²) < 4.78 is 28.0. The fourth-order valence-electron chi connectivity index (χ4n) is 1.44. The number of sulfonamides is 1. The second kappa shape index (κ2) is 4.04. The van der Waals surface area contributed by atoms with Crippen molar-refractivity contribution < 1.29 is 8.42 Å². The minimum Gasteiger partial charge on any atom is -0.371 e. The van der Waals surface area contributed by atoms with Crippen LogP contribution in [0.2, 0.25) is 0 Å². The summed E-state index contributed by atoms with van der Waals surface area (Å²) >= 11 is 1.39. The van der Waals surface area contributed by atoms with Crippen molar-refractivity contribution in [3.8, 4) is 0 Å². The number of hydrogen-bond acceptors (Lipinski definition) is 5. The van der Waals surface area contributed by atoms with Crippen molar-refractivity contribution in [2.45, 2.75) is 11.9 Å². The quantitative estimate of drug-likeness (QED) is 0.850. The van der Waals surface area contributed by atoms with Gasteiger partial charge in [0.2, 0.25) is 0 Å². The molecule has 0 aliphatic heterocycles. The molecule has 0 bridgehead atoms. The van der Waals surface area contributed by atoms with Crippen LogP contribution < -0.4 is 10.0 Å². The molecule has 2 heterocycles. The van der Waals surface area contributed by atoms with Crippen molar-refractivity contribution in [1.29, 1.82) is 0 Å². The van der Waals surface area contributed by atoms with Crippen molar-refractivity contribution in [3.05, 3.63) is 11.6 Å². The van der Waals surface area contributed by atoms with Crippen LogP contribution in [0.3, 0.4) is 0 Å². The molecule has 2 aromatic heterocycles. The highest BCUT2D eigenvalue weighted by Crippen LogP contribution is 2.24. The van der Waals surface area contributed by atoms with Crippen LogP contribution in [-0.2, 0) is 10.0 Å². The molecule has 2 aromatic rings. The summed E-state index contributed by atoms with van der Waals surface area (Å²) in [5.74, 6) is 0.368. The number of fused-ring (bicyclic) bond motifs is 1. The molecule has 0 aromatic carbocycles. The molecule has 8 heteroatoms. The van der Waals surface area contributed by atoms with Crippen LogP contribution in [0.4, 0.5) is 5.82 Å². The van der Waals surface area contributed by atoms with Gasteiger partial charge in [-0.3, -0.25) is 4.40 Å². The number of nitrogens with one attached hydrogen (secondary N) is 2. The largest absolute Gasteiger partial charge is 0.371 e. The Bertz CT molecular complexity index is 599. The van der Waals surface area contributed by atoms with Crippen LogP contribution >= 0.6 is 11.3 Å². The maximum Gasteiger partial charge on any atom is 0.260 e. The zero-order valence-corrected chi connectivity index (χ0v) is 10.5. The summed E-state index contributed by atoms with van der Waals surface area (Å²) in [5, 5.41) is 4.75. The van der Waals surface area contributed by atoms with Crippen molar-refractivity contribution in [2.24, 2.45) is 0 Å². The first-order valence-corrected chi connectivity index (χ1v) is 7.09. The van der Waals surface area contributed by atoms with Gasteiger partial charge in [-0.2, -0.15) is 0 Å². The van der Waals surface area contributed by atoms with E-state index in [-0.39, 0.29) is 5.03 Å². The van der Waals surface area contributed by atoms with E-state index in [0.29, 0.717) is 17.3 Å². The van der Waals surface area contributed by atoms with Gasteiger partial charge in [0.05, 0.1) is 0 Å². The number of imidazole rings is 1. The van der Waals surface area contributed by atoms with Gasteiger partial charge in [0.15, 0.2) is 15.8 Å². The summed E-state index contributed by atoms with van der Waals surface area (Å²) in [6.07, 6.45) is 1.69. The van der Waals surface area contributed by atoms with Crippen molar-refractivity contribution in [3.63, 3.8) is 0 Å². The SMILES string of the molecule is CCNS(=O)(=O)c1c(NC)nc2sccn12. The summed E-state index contributed by atoms with van der Waals surface area (Å²) in [6, 6.07) is 0. The minimum absolute atomic E-state index is 0.160. The molecule has 6 nitrogen and oxygen atoms in total. The Morgan fingerprint density at radius 2 is 2.31 bits per heavy atom. The molecule has 2 N–H and O–H groups in total. The average Bonchev–Trinajstić information content (AvgIpc) is 2.74. The summed E-state index contributed by atoms with van der Waals surface area (Å²) in [4.78, 5) is 4.84. The molecule has 88 valence electrons. The van der Waals surface area contributed by atoms with Crippen LogP contribution in [0.15, 0.2) is 16.6 Å². The third-order valence-corrected chi connectivity index (χ3v) is 4.37. The van der Waals surface area contributed by atoms with E-state index in [2.05, 4.69) is 15.0 Å². The van der Waals surface area contributed by atoms with E-state index >= 15 is 0 Å². The van der Waals surface area contributed by atoms with Gasteiger partial charge in [-0.25, -0.2) is 18.1 Å². The molecular weight excluding hydrogens is 248 g/mol. The van der Waals surface area contributed by atoms with Crippen molar-refractivity contribution in [2.75, 3.05) is 18.9 Å². The zero-order valence-electron chi connectivity index (χ0n) is 8.89. The molecule has 0 atom stereocenters. The molecule has 0 fully saturated rings. The summed E-state index contributed by atoms with van der Waals surface area (Å²) in [6.45, 7) is 2.09. The summed E-state index contributed by atoms with van der Waals surface area (Å²) in [5.41, 5.74) is 0. The Hall–Kier alpha value is -1.12. The Balaban J connectivity index is 2.69. The lowest BCUT2D eigenvalue weighted by molar-refractivity contribution is 0.579. The second-order valence-corrected chi connectivity index (χ2v) is 5.63. The van der Waals surface area contributed by atoms with Crippen molar-refractivity contribution >= 4 is 32.1 Å². The number of hydrogen-bond donors (Lipinski definition) is 2. The van der Waals surface area contributed by atoms with Gasteiger partial charge in [0, 0.05) is 25.2 Å². The maximum absolute atomic E-state index is 12.0. The predicted octanol–water partition coefficient (Wildman–Crippen LogP) is 0.736. The minimum atomic E-state index is -3.51. The number of rotatable bonds is 4. The third kappa shape index (κ3) is 1.68. The van der Waals surface area contributed by atoms with E-state index in [0.717, 1.165) is 0 Å². The van der Waals surface area contributed by atoms with Gasteiger partial charge in [0.25, 0.3) is 10.0 Å². The molecule has 0 aliphatic carbocycles. The van der Waals surface area contributed by atoms with E-state index in [9.17, 15) is 8.42 Å². The smallest absolute Gasteiger partial charge is 0.260 e. The number of thiazole rings is 1. The Kier molecular flexibility index (Phi) is 2.87. The molecule has 0 radical (unpaired) electrons. The molecule has 0 saturated heterocycles.